The van der Waals surface area contributed by atoms with Crippen LogP contribution < -0.4 is 5.32 Å². The van der Waals surface area contributed by atoms with Crippen LogP contribution in [0.3, 0.4) is 0 Å². The van der Waals surface area contributed by atoms with Crippen molar-refractivity contribution in [3.05, 3.63) is 35.4 Å². The maximum Gasteiger partial charge on any atom is 0.251 e. The second kappa shape index (κ2) is 6.58. The third-order valence-electron chi connectivity index (χ3n) is 4.47. The van der Waals surface area contributed by atoms with Crippen molar-refractivity contribution < 1.29 is 9.90 Å². The third kappa shape index (κ3) is 3.44. The Hall–Kier alpha value is -1.39. The molecule has 116 valence electrons. The molecule has 0 bridgehead atoms. The molecule has 1 aliphatic rings. The molecule has 0 saturated heterocycles. The smallest absolute Gasteiger partial charge is 0.251 e. The summed E-state index contributed by atoms with van der Waals surface area (Å²) in [5, 5.41) is 13.9. The molecule has 1 amide bonds. The molecule has 2 unspecified atom stereocenters. The molecule has 1 saturated carbocycles. The first-order chi connectivity index (χ1) is 9.97. The molecule has 0 aliphatic heterocycles. The van der Waals surface area contributed by atoms with E-state index < -0.39 is 5.60 Å². The van der Waals surface area contributed by atoms with Crippen LogP contribution in [-0.4, -0.2) is 43.6 Å². The van der Waals surface area contributed by atoms with Gasteiger partial charge in [0.05, 0.1) is 5.60 Å². The summed E-state index contributed by atoms with van der Waals surface area (Å²) >= 11 is 0. The van der Waals surface area contributed by atoms with Gasteiger partial charge in [-0.1, -0.05) is 25.0 Å². The van der Waals surface area contributed by atoms with Crippen LogP contribution >= 0.6 is 0 Å². The van der Waals surface area contributed by atoms with Gasteiger partial charge in [-0.2, -0.15) is 0 Å². The van der Waals surface area contributed by atoms with Gasteiger partial charge in [-0.15, -0.1) is 0 Å². The minimum Gasteiger partial charge on any atom is -0.385 e. The molecule has 1 aromatic rings. The van der Waals surface area contributed by atoms with Crippen LogP contribution in [0.2, 0.25) is 0 Å². The Labute approximate surface area is 127 Å². The Morgan fingerprint density at radius 1 is 1.43 bits per heavy atom. The van der Waals surface area contributed by atoms with Crippen molar-refractivity contribution >= 4 is 5.91 Å². The SMILES string of the molecule is CNC(=O)c1cccc(C2(O)CCCCC2CN(C)C)c1. The molecule has 1 aliphatic carbocycles. The van der Waals surface area contributed by atoms with E-state index in [2.05, 4.69) is 10.2 Å². The summed E-state index contributed by atoms with van der Waals surface area (Å²) in [6.45, 7) is 0.862. The van der Waals surface area contributed by atoms with Gasteiger partial charge in [0.15, 0.2) is 0 Å². The van der Waals surface area contributed by atoms with Crippen molar-refractivity contribution in [2.45, 2.75) is 31.3 Å². The van der Waals surface area contributed by atoms with E-state index in [1.54, 1.807) is 13.1 Å². The first-order valence-corrected chi connectivity index (χ1v) is 7.67. The molecule has 4 heteroatoms. The summed E-state index contributed by atoms with van der Waals surface area (Å²) in [6.07, 6.45) is 3.99. The Morgan fingerprint density at radius 3 is 2.86 bits per heavy atom. The van der Waals surface area contributed by atoms with Crippen LogP contribution in [0, 0.1) is 5.92 Å². The summed E-state index contributed by atoms with van der Waals surface area (Å²) in [6, 6.07) is 7.43. The van der Waals surface area contributed by atoms with E-state index in [4.69, 9.17) is 0 Å². The van der Waals surface area contributed by atoms with Crippen molar-refractivity contribution in [3.63, 3.8) is 0 Å². The highest BCUT2D eigenvalue weighted by Crippen LogP contribution is 2.42. The first kappa shape index (κ1) is 16.0. The molecule has 0 aromatic heterocycles. The molecule has 2 N–H and O–H groups in total. The van der Waals surface area contributed by atoms with E-state index in [9.17, 15) is 9.90 Å². The second-order valence-corrected chi connectivity index (χ2v) is 6.29. The van der Waals surface area contributed by atoms with Gasteiger partial charge in [-0.25, -0.2) is 0 Å². The van der Waals surface area contributed by atoms with Crippen LogP contribution in [0.25, 0.3) is 0 Å². The molecule has 4 nitrogen and oxygen atoms in total. The normalized spacial score (nSPS) is 25.9. The summed E-state index contributed by atoms with van der Waals surface area (Å²) in [5.74, 6) is 0.0987. The highest BCUT2D eigenvalue weighted by Gasteiger charge is 2.40. The lowest BCUT2D eigenvalue weighted by molar-refractivity contribution is -0.0618. The van der Waals surface area contributed by atoms with Crippen LogP contribution in [0.15, 0.2) is 24.3 Å². The number of nitrogens with one attached hydrogen (secondary N) is 1. The highest BCUT2D eigenvalue weighted by atomic mass is 16.3. The Morgan fingerprint density at radius 2 is 2.19 bits per heavy atom. The van der Waals surface area contributed by atoms with E-state index in [0.717, 1.165) is 37.8 Å². The van der Waals surface area contributed by atoms with Gasteiger partial charge in [-0.3, -0.25) is 4.79 Å². The van der Waals surface area contributed by atoms with Crippen molar-refractivity contribution in [1.29, 1.82) is 0 Å². The average Bonchev–Trinajstić information content (AvgIpc) is 2.48. The number of hydrogen-bond acceptors (Lipinski definition) is 3. The summed E-state index contributed by atoms with van der Waals surface area (Å²) in [4.78, 5) is 13.9. The topological polar surface area (TPSA) is 52.6 Å². The lowest BCUT2D eigenvalue weighted by Gasteiger charge is -2.41. The third-order valence-corrected chi connectivity index (χ3v) is 4.47. The molecule has 0 radical (unpaired) electrons. The molecule has 0 spiro atoms. The molecule has 1 aromatic carbocycles. The predicted molar refractivity (Wildman–Crippen MR) is 84.2 cm³/mol. The summed E-state index contributed by atoms with van der Waals surface area (Å²) < 4.78 is 0. The molecule has 0 heterocycles. The largest absolute Gasteiger partial charge is 0.385 e. The number of carbonyl (C=O) groups is 1. The number of nitrogens with zero attached hydrogens (tertiary/aromatic N) is 1. The Kier molecular flexibility index (Phi) is 5.01. The monoisotopic (exact) mass is 290 g/mol. The Bertz CT molecular complexity index is 501. The second-order valence-electron chi connectivity index (χ2n) is 6.29. The lowest BCUT2D eigenvalue weighted by Crippen LogP contribution is -2.43. The van der Waals surface area contributed by atoms with Gasteiger partial charge < -0.3 is 15.3 Å². The fourth-order valence-electron chi connectivity index (χ4n) is 3.37. The van der Waals surface area contributed by atoms with Gasteiger partial charge in [0.1, 0.15) is 0 Å². The van der Waals surface area contributed by atoms with Gasteiger partial charge in [-0.05, 0) is 44.6 Å². The van der Waals surface area contributed by atoms with Gasteiger partial charge >= 0.3 is 0 Å². The number of rotatable bonds is 4. The zero-order valence-corrected chi connectivity index (χ0v) is 13.2. The van der Waals surface area contributed by atoms with Crippen molar-refractivity contribution in [3.8, 4) is 0 Å². The number of aliphatic hydroxyl groups is 1. The van der Waals surface area contributed by atoms with Crippen LogP contribution in [0.5, 0.6) is 0 Å². The zero-order valence-electron chi connectivity index (χ0n) is 13.2. The minimum atomic E-state index is -0.827. The van der Waals surface area contributed by atoms with E-state index in [-0.39, 0.29) is 11.8 Å². The summed E-state index contributed by atoms with van der Waals surface area (Å²) in [7, 11) is 5.70. The molecular weight excluding hydrogens is 264 g/mol. The Balaban J connectivity index is 2.33. The van der Waals surface area contributed by atoms with Crippen LogP contribution in [0.4, 0.5) is 0 Å². The first-order valence-electron chi connectivity index (χ1n) is 7.67. The van der Waals surface area contributed by atoms with E-state index in [1.165, 1.54) is 0 Å². The van der Waals surface area contributed by atoms with Crippen molar-refractivity contribution in [2.75, 3.05) is 27.7 Å². The van der Waals surface area contributed by atoms with E-state index in [1.807, 2.05) is 32.3 Å². The van der Waals surface area contributed by atoms with Gasteiger partial charge in [0.2, 0.25) is 0 Å². The van der Waals surface area contributed by atoms with E-state index >= 15 is 0 Å². The highest BCUT2D eigenvalue weighted by molar-refractivity contribution is 5.94. The van der Waals surface area contributed by atoms with Crippen LogP contribution in [0.1, 0.15) is 41.6 Å². The molecule has 2 atom stereocenters. The average molecular weight is 290 g/mol. The van der Waals surface area contributed by atoms with Crippen molar-refractivity contribution in [1.82, 2.24) is 10.2 Å². The lowest BCUT2D eigenvalue weighted by atomic mass is 9.71. The molecular formula is C17H26N2O2. The van der Waals surface area contributed by atoms with Gasteiger partial charge in [0.25, 0.3) is 5.91 Å². The van der Waals surface area contributed by atoms with Gasteiger partial charge in [0, 0.05) is 25.1 Å². The minimum absolute atomic E-state index is 0.111. The molecule has 1 fully saturated rings. The number of benzene rings is 1. The maximum atomic E-state index is 11.8. The summed E-state index contributed by atoms with van der Waals surface area (Å²) in [5.41, 5.74) is 0.653. The van der Waals surface area contributed by atoms with Crippen molar-refractivity contribution in [2.24, 2.45) is 5.92 Å². The number of hydrogen-bond donors (Lipinski definition) is 2. The van der Waals surface area contributed by atoms with E-state index in [0.29, 0.717) is 5.56 Å². The predicted octanol–water partition coefficient (Wildman–Crippen LogP) is 1.99. The zero-order chi connectivity index (χ0) is 15.5. The standard InChI is InChI=1S/C17H26N2O2/c1-18-16(20)13-7-6-9-14(11-13)17(21)10-5-4-8-15(17)12-19(2)3/h6-7,9,11,15,21H,4-5,8,10,12H2,1-3H3,(H,18,20). The number of carbonyl (C=O) groups excluding carboxylic acids is 1. The molecule has 2 rings (SSSR count). The fraction of sp³-hybridized carbons (Fsp3) is 0.588. The number of amides is 1. The molecule has 21 heavy (non-hydrogen) atoms. The van der Waals surface area contributed by atoms with Crippen LogP contribution in [-0.2, 0) is 5.60 Å². The quantitative estimate of drug-likeness (QED) is 0.891. The maximum absolute atomic E-state index is 11.8. The fourth-order valence-corrected chi connectivity index (χ4v) is 3.37.